The van der Waals surface area contributed by atoms with E-state index in [1.54, 1.807) is 12.1 Å². The van der Waals surface area contributed by atoms with Crippen LogP contribution in [0.25, 0.3) is 0 Å². The number of nitro benzene ring substituents is 1. The number of guanidine groups is 1. The van der Waals surface area contributed by atoms with Gasteiger partial charge in [0.15, 0.2) is 5.96 Å². The Hall–Kier alpha value is -2.15. The standard InChI is InChI=1S/C16H22N4O3/c21-20(22)15-5-1-12(2-6-15)11-17-16(18-13-3-4-13)19-14-7-9-23-10-8-14/h1-2,5-6,13-14H,3-4,7-11H2,(H2,17,18,19). The molecule has 2 aliphatic rings. The third-order valence-electron chi connectivity index (χ3n) is 4.05. The Morgan fingerprint density at radius 3 is 2.30 bits per heavy atom. The molecule has 2 fully saturated rings. The van der Waals surface area contributed by atoms with Crippen molar-refractivity contribution in [1.82, 2.24) is 10.6 Å². The zero-order valence-electron chi connectivity index (χ0n) is 13.0. The van der Waals surface area contributed by atoms with Crippen LogP contribution in [0.15, 0.2) is 29.3 Å². The van der Waals surface area contributed by atoms with E-state index in [-0.39, 0.29) is 10.6 Å². The highest BCUT2D eigenvalue weighted by atomic mass is 16.6. The normalized spacial score (nSPS) is 19.4. The first kappa shape index (κ1) is 15.7. The van der Waals surface area contributed by atoms with Gasteiger partial charge >= 0.3 is 0 Å². The summed E-state index contributed by atoms with van der Waals surface area (Å²) >= 11 is 0. The van der Waals surface area contributed by atoms with E-state index < -0.39 is 0 Å². The van der Waals surface area contributed by atoms with Crippen LogP contribution in [-0.4, -0.2) is 36.2 Å². The third kappa shape index (κ3) is 4.92. The van der Waals surface area contributed by atoms with Gasteiger partial charge in [0.1, 0.15) is 0 Å². The van der Waals surface area contributed by atoms with Gasteiger partial charge in [-0.1, -0.05) is 12.1 Å². The van der Waals surface area contributed by atoms with Crippen molar-refractivity contribution in [2.75, 3.05) is 13.2 Å². The maximum absolute atomic E-state index is 10.7. The second kappa shape index (κ2) is 7.41. The lowest BCUT2D eigenvalue weighted by Crippen LogP contribution is -2.46. The lowest BCUT2D eigenvalue weighted by Gasteiger charge is -2.25. The molecule has 1 aliphatic heterocycles. The average Bonchev–Trinajstić information content (AvgIpc) is 3.38. The lowest BCUT2D eigenvalue weighted by atomic mass is 10.1. The monoisotopic (exact) mass is 318 g/mol. The van der Waals surface area contributed by atoms with Crippen LogP contribution in [-0.2, 0) is 11.3 Å². The van der Waals surface area contributed by atoms with Gasteiger partial charge in [0.05, 0.1) is 11.5 Å². The first-order chi connectivity index (χ1) is 11.2. The van der Waals surface area contributed by atoms with E-state index in [2.05, 4.69) is 15.6 Å². The van der Waals surface area contributed by atoms with Gasteiger partial charge in [0, 0.05) is 37.4 Å². The smallest absolute Gasteiger partial charge is 0.269 e. The molecule has 2 N–H and O–H groups in total. The van der Waals surface area contributed by atoms with Gasteiger partial charge in [0.25, 0.3) is 5.69 Å². The molecule has 0 atom stereocenters. The van der Waals surface area contributed by atoms with E-state index in [0.717, 1.165) is 37.6 Å². The summed E-state index contributed by atoms with van der Waals surface area (Å²) in [5.74, 6) is 0.831. The van der Waals surface area contributed by atoms with Crippen LogP contribution in [0.3, 0.4) is 0 Å². The van der Waals surface area contributed by atoms with E-state index in [0.29, 0.717) is 18.6 Å². The molecular formula is C16H22N4O3. The SMILES string of the molecule is O=[N+]([O-])c1ccc(CN=C(NC2CCOCC2)NC2CC2)cc1. The van der Waals surface area contributed by atoms with Crippen molar-refractivity contribution >= 4 is 11.6 Å². The van der Waals surface area contributed by atoms with Gasteiger partial charge in [0.2, 0.25) is 0 Å². The summed E-state index contributed by atoms with van der Waals surface area (Å²) in [5, 5.41) is 17.6. The number of non-ortho nitro benzene ring substituents is 1. The molecule has 0 amide bonds. The zero-order valence-corrected chi connectivity index (χ0v) is 13.0. The molecule has 1 heterocycles. The molecule has 0 bridgehead atoms. The van der Waals surface area contributed by atoms with Gasteiger partial charge in [-0.15, -0.1) is 0 Å². The minimum absolute atomic E-state index is 0.106. The minimum Gasteiger partial charge on any atom is -0.381 e. The fourth-order valence-electron chi connectivity index (χ4n) is 2.48. The number of hydrogen-bond donors (Lipinski definition) is 2. The molecule has 7 nitrogen and oxygen atoms in total. The summed E-state index contributed by atoms with van der Waals surface area (Å²) in [4.78, 5) is 14.9. The van der Waals surface area contributed by atoms with Crippen LogP contribution in [0.1, 0.15) is 31.2 Å². The molecular weight excluding hydrogens is 296 g/mol. The number of ether oxygens (including phenoxy) is 1. The summed E-state index contributed by atoms with van der Waals surface area (Å²) in [7, 11) is 0. The maximum Gasteiger partial charge on any atom is 0.269 e. The second-order valence-electron chi connectivity index (χ2n) is 6.04. The van der Waals surface area contributed by atoms with Crippen LogP contribution < -0.4 is 10.6 Å². The Bertz CT molecular complexity index is 563. The van der Waals surface area contributed by atoms with Crippen molar-refractivity contribution in [1.29, 1.82) is 0 Å². The molecule has 0 spiro atoms. The Morgan fingerprint density at radius 1 is 1.13 bits per heavy atom. The molecule has 1 saturated carbocycles. The van der Waals surface area contributed by atoms with Crippen molar-refractivity contribution < 1.29 is 9.66 Å². The Morgan fingerprint density at radius 2 is 1.74 bits per heavy atom. The molecule has 1 aliphatic carbocycles. The summed E-state index contributed by atoms with van der Waals surface area (Å²) < 4.78 is 5.38. The van der Waals surface area contributed by atoms with Crippen LogP contribution in [0.4, 0.5) is 5.69 Å². The predicted octanol–water partition coefficient (Wildman–Crippen LogP) is 1.97. The molecule has 0 unspecified atom stereocenters. The summed E-state index contributed by atoms with van der Waals surface area (Å²) in [6, 6.07) is 7.47. The predicted molar refractivity (Wildman–Crippen MR) is 87.4 cm³/mol. The molecule has 1 aromatic rings. The number of hydrogen-bond acceptors (Lipinski definition) is 4. The molecule has 23 heavy (non-hydrogen) atoms. The largest absolute Gasteiger partial charge is 0.381 e. The number of rotatable bonds is 5. The van der Waals surface area contributed by atoms with Crippen LogP contribution in [0.5, 0.6) is 0 Å². The highest BCUT2D eigenvalue weighted by molar-refractivity contribution is 5.80. The van der Waals surface area contributed by atoms with Crippen LogP contribution in [0, 0.1) is 10.1 Å². The van der Waals surface area contributed by atoms with Crippen molar-refractivity contribution in [2.45, 2.75) is 44.3 Å². The highest BCUT2D eigenvalue weighted by Gasteiger charge is 2.24. The topological polar surface area (TPSA) is 88.8 Å². The Kier molecular flexibility index (Phi) is 5.07. The van der Waals surface area contributed by atoms with Crippen molar-refractivity contribution in [3.05, 3.63) is 39.9 Å². The van der Waals surface area contributed by atoms with E-state index in [4.69, 9.17) is 4.74 Å². The van der Waals surface area contributed by atoms with Gasteiger partial charge in [-0.25, -0.2) is 4.99 Å². The van der Waals surface area contributed by atoms with Gasteiger partial charge in [-0.3, -0.25) is 10.1 Å². The Labute approximate surface area is 135 Å². The third-order valence-corrected chi connectivity index (χ3v) is 4.05. The van der Waals surface area contributed by atoms with E-state index >= 15 is 0 Å². The van der Waals surface area contributed by atoms with Crippen molar-refractivity contribution in [2.24, 2.45) is 4.99 Å². The number of aliphatic imine (C=N–C) groups is 1. The average molecular weight is 318 g/mol. The number of benzene rings is 1. The van der Waals surface area contributed by atoms with E-state index in [1.807, 2.05) is 0 Å². The lowest BCUT2D eigenvalue weighted by molar-refractivity contribution is -0.384. The number of nitrogens with zero attached hydrogens (tertiary/aromatic N) is 2. The zero-order chi connectivity index (χ0) is 16.1. The fourth-order valence-corrected chi connectivity index (χ4v) is 2.48. The van der Waals surface area contributed by atoms with Crippen molar-refractivity contribution in [3.63, 3.8) is 0 Å². The highest BCUT2D eigenvalue weighted by Crippen LogP contribution is 2.19. The molecule has 3 rings (SSSR count). The van der Waals surface area contributed by atoms with Crippen molar-refractivity contribution in [3.8, 4) is 0 Å². The van der Waals surface area contributed by atoms with Crippen LogP contribution in [0.2, 0.25) is 0 Å². The van der Waals surface area contributed by atoms with Gasteiger partial charge in [-0.05, 0) is 31.2 Å². The van der Waals surface area contributed by atoms with E-state index in [1.165, 1.54) is 25.0 Å². The molecule has 0 radical (unpaired) electrons. The van der Waals surface area contributed by atoms with E-state index in [9.17, 15) is 10.1 Å². The number of nitro groups is 1. The first-order valence-electron chi connectivity index (χ1n) is 8.09. The van der Waals surface area contributed by atoms with Gasteiger partial charge < -0.3 is 15.4 Å². The second-order valence-corrected chi connectivity index (χ2v) is 6.04. The number of nitrogens with one attached hydrogen (secondary N) is 2. The summed E-state index contributed by atoms with van der Waals surface area (Å²) in [5.41, 5.74) is 1.06. The maximum atomic E-state index is 10.7. The molecule has 1 aromatic carbocycles. The summed E-state index contributed by atoms with van der Waals surface area (Å²) in [6.07, 6.45) is 4.35. The molecule has 7 heteroatoms. The minimum atomic E-state index is -0.389. The Balaban J connectivity index is 1.60. The van der Waals surface area contributed by atoms with Gasteiger partial charge in [-0.2, -0.15) is 0 Å². The first-order valence-corrected chi connectivity index (χ1v) is 8.09. The fraction of sp³-hybridized carbons (Fsp3) is 0.562. The quantitative estimate of drug-likeness (QED) is 0.375. The van der Waals surface area contributed by atoms with Crippen LogP contribution >= 0.6 is 0 Å². The molecule has 124 valence electrons. The summed E-state index contributed by atoms with van der Waals surface area (Å²) in [6.45, 7) is 2.08. The molecule has 1 saturated heterocycles. The molecule has 0 aromatic heterocycles.